The van der Waals surface area contributed by atoms with Gasteiger partial charge in [-0.1, -0.05) is 12.1 Å². The maximum absolute atomic E-state index is 12.2. The summed E-state index contributed by atoms with van der Waals surface area (Å²) in [5.74, 6) is -0.262. The number of pyridine rings is 1. The zero-order valence-corrected chi connectivity index (χ0v) is 11.2. The van der Waals surface area contributed by atoms with E-state index in [1.807, 2.05) is 48.8 Å². The normalized spacial score (nSPS) is 16.6. The predicted molar refractivity (Wildman–Crippen MR) is 80.9 cm³/mol. The van der Waals surface area contributed by atoms with Gasteiger partial charge in [0.25, 0.3) is 0 Å². The monoisotopic (exact) mass is 275 g/mol. The molecule has 4 nitrogen and oxygen atoms in total. The molecule has 4 heteroatoms. The lowest BCUT2D eigenvalue weighted by atomic mass is 9.94. The molecule has 0 saturated heterocycles. The molecule has 0 aliphatic carbocycles. The van der Waals surface area contributed by atoms with Gasteiger partial charge in [0.15, 0.2) is 0 Å². The van der Waals surface area contributed by atoms with Crippen LogP contribution in [0.15, 0.2) is 61.1 Å². The lowest BCUT2D eigenvalue weighted by Gasteiger charge is -2.09. The molecule has 2 N–H and O–H groups in total. The third-order valence-corrected chi connectivity index (χ3v) is 3.81. The van der Waals surface area contributed by atoms with Crippen LogP contribution in [-0.2, 0) is 4.79 Å². The van der Waals surface area contributed by atoms with Crippen LogP contribution in [0.25, 0.3) is 11.1 Å². The van der Waals surface area contributed by atoms with Crippen LogP contribution in [0.2, 0.25) is 0 Å². The van der Waals surface area contributed by atoms with Gasteiger partial charge in [-0.05, 0) is 47.0 Å². The molecule has 0 radical (unpaired) electrons. The highest BCUT2D eigenvalue weighted by molar-refractivity contribution is 6.05. The van der Waals surface area contributed by atoms with E-state index in [1.54, 1.807) is 6.20 Å². The molecule has 4 rings (SSSR count). The van der Waals surface area contributed by atoms with E-state index in [4.69, 9.17) is 0 Å². The number of carbonyl (C=O) groups is 1. The van der Waals surface area contributed by atoms with Gasteiger partial charge < -0.3 is 10.3 Å². The Balaban J connectivity index is 1.83. The topological polar surface area (TPSA) is 57.8 Å². The van der Waals surface area contributed by atoms with Crippen molar-refractivity contribution in [2.75, 3.05) is 5.32 Å². The van der Waals surface area contributed by atoms with Crippen molar-refractivity contribution >= 4 is 11.6 Å². The highest BCUT2D eigenvalue weighted by atomic mass is 16.2. The Morgan fingerprint density at radius 3 is 2.76 bits per heavy atom. The van der Waals surface area contributed by atoms with E-state index in [1.165, 1.54) is 0 Å². The van der Waals surface area contributed by atoms with E-state index in [2.05, 4.69) is 21.4 Å². The molecule has 1 aliphatic heterocycles. The average Bonchev–Trinajstić information content (AvgIpc) is 3.13. The summed E-state index contributed by atoms with van der Waals surface area (Å²) in [6.45, 7) is 0. The van der Waals surface area contributed by atoms with Gasteiger partial charge in [-0.2, -0.15) is 0 Å². The second-order valence-electron chi connectivity index (χ2n) is 5.09. The second-order valence-corrected chi connectivity index (χ2v) is 5.09. The number of nitrogens with zero attached hydrogens (tertiary/aromatic N) is 1. The number of anilines is 1. The minimum atomic E-state index is -0.272. The van der Waals surface area contributed by atoms with Crippen LogP contribution in [0, 0.1) is 0 Å². The van der Waals surface area contributed by atoms with Crippen molar-refractivity contribution in [3.8, 4) is 11.1 Å². The molecular formula is C17H13N3O. The smallest absolute Gasteiger partial charge is 0.237 e. The summed E-state index contributed by atoms with van der Waals surface area (Å²) in [6, 6.07) is 13.8. The van der Waals surface area contributed by atoms with E-state index < -0.39 is 0 Å². The largest absolute Gasteiger partial charge is 0.364 e. The highest BCUT2D eigenvalue weighted by Crippen LogP contribution is 2.38. The van der Waals surface area contributed by atoms with Crippen LogP contribution in [0.3, 0.4) is 0 Å². The first-order chi connectivity index (χ1) is 10.3. The molecule has 0 saturated carbocycles. The number of aromatic amines is 1. The zero-order valence-electron chi connectivity index (χ0n) is 11.2. The minimum Gasteiger partial charge on any atom is -0.364 e. The maximum Gasteiger partial charge on any atom is 0.237 e. The first-order valence-electron chi connectivity index (χ1n) is 6.81. The summed E-state index contributed by atoms with van der Waals surface area (Å²) < 4.78 is 0. The average molecular weight is 275 g/mol. The third kappa shape index (κ3) is 1.92. The van der Waals surface area contributed by atoms with Crippen molar-refractivity contribution < 1.29 is 4.79 Å². The second kappa shape index (κ2) is 4.59. The summed E-state index contributed by atoms with van der Waals surface area (Å²) in [4.78, 5) is 19.5. The molecule has 1 aliphatic rings. The van der Waals surface area contributed by atoms with Crippen LogP contribution in [0.1, 0.15) is 17.2 Å². The number of benzene rings is 1. The number of H-pyrrole nitrogens is 1. The number of aromatic nitrogens is 2. The molecule has 1 unspecified atom stereocenters. The first kappa shape index (κ1) is 11.9. The predicted octanol–water partition coefficient (Wildman–Crippen LogP) is 3.16. The van der Waals surface area contributed by atoms with Crippen LogP contribution in [-0.4, -0.2) is 15.9 Å². The van der Waals surface area contributed by atoms with Gasteiger partial charge in [-0.25, -0.2) is 0 Å². The zero-order chi connectivity index (χ0) is 14.2. The Morgan fingerprint density at radius 2 is 2.00 bits per heavy atom. The van der Waals surface area contributed by atoms with Crippen molar-refractivity contribution in [1.29, 1.82) is 0 Å². The highest BCUT2D eigenvalue weighted by Gasteiger charge is 2.32. The van der Waals surface area contributed by atoms with Crippen LogP contribution in [0.5, 0.6) is 0 Å². The van der Waals surface area contributed by atoms with E-state index in [0.29, 0.717) is 0 Å². The fourth-order valence-electron chi connectivity index (χ4n) is 2.81. The fourth-order valence-corrected chi connectivity index (χ4v) is 2.81. The van der Waals surface area contributed by atoms with Crippen LogP contribution >= 0.6 is 0 Å². The Morgan fingerprint density at radius 1 is 1.05 bits per heavy atom. The fraction of sp³-hybridized carbons (Fsp3) is 0.0588. The molecular weight excluding hydrogens is 262 g/mol. The molecule has 1 amide bonds. The van der Waals surface area contributed by atoms with E-state index in [-0.39, 0.29) is 11.8 Å². The van der Waals surface area contributed by atoms with Gasteiger partial charge in [0.05, 0.1) is 0 Å². The van der Waals surface area contributed by atoms with Crippen molar-refractivity contribution in [3.05, 3.63) is 72.3 Å². The number of amides is 1. The van der Waals surface area contributed by atoms with Gasteiger partial charge in [-0.3, -0.25) is 9.78 Å². The SMILES string of the molecule is O=C1Nc2ccc(-c3cccnc3)cc2C1c1ccc[nH]1. The molecule has 1 atom stereocenters. The first-order valence-corrected chi connectivity index (χ1v) is 6.81. The number of rotatable bonds is 2. The van der Waals surface area contributed by atoms with Gasteiger partial charge >= 0.3 is 0 Å². The number of hydrogen-bond donors (Lipinski definition) is 2. The third-order valence-electron chi connectivity index (χ3n) is 3.81. The Labute approximate surface area is 121 Å². The molecule has 1 aromatic carbocycles. The van der Waals surface area contributed by atoms with Crippen molar-refractivity contribution in [3.63, 3.8) is 0 Å². The molecule has 2 aromatic heterocycles. The number of fused-ring (bicyclic) bond motifs is 1. The van der Waals surface area contributed by atoms with Gasteiger partial charge in [-0.15, -0.1) is 0 Å². The lowest BCUT2D eigenvalue weighted by molar-refractivity contribution is -0.116. The summed E-state index contributed by atoms with van der Waals surface area (Å²) in [7, 11) is 0. The molecule has 3 heterocycles. The van der Waals surface area contributed by atoms with Crippen molar-refractivity contribution in [2.24, 2.45) is 0 Å². The molecule has 0 spiro atoms. The van der Waals surface area contributed by atoms with E-state index in [9.17, 15) is 4.79 Å². The Kier molecular flexibility index (Phi) is 2.60. The Bertz CT molecular complexity index is 794. The minimum absolute atomic E-state index is 0.00999. The van der Waals surface area contributed by atoms with Crippen molar-refractivity contribution in [2.45, 2.75) is 5.92 Å². The lowest BCUT2D eigenvalue weighted by Crippen LogP contribution is -2.13. The van der Waals surface area contributed by atoms with Gasteiger partial charge in [0.1, 0.15) is 5.92 Å². The van der Waals surface area contributed by atoms with E-state index in [0.717, 1.165) is 28.1 Å². The van der Waals surface area contributed by atoms with E-state index >= 15 is 0 Å². The maximum atomic E-state index is 12.2. The van der Waals surface area contributed by atoms with Crippen LogP contribution in [0.4, 0.5) is 5.69 Å². The number of carbonyl (C=O) groups excluding carboxylic acids is 1. The van der Waals surface area contributed by atoms with Crippen LogP contribution < -0.4 is 5.32 Å². The van der Waals surface area contributed by atoms with Gasteiger partial charge in [0, 0.05) is 30.0 Å². The molecule has 21 heavy (non-hydrogen) atoms. The molecule has 0 bridgehead atoms. The standard InChI is InChI=1S/C17H13N3O/c21-17-16(15-4-2-8-19-15)13-9-11(5-6-14(13)20-17)12-3-1-7-18-10-12/h1-10,16,19H,(H,20,21). The Hall–Kier alpha value is -2.88. The summed E-state index contributed by atoms with van der Waals surface area (Å²) in [5.41, 5.74) is 4.91. The number of nitrogens with one attached hydrogen (secondary N) is 2. The summed E-state index contributed by atoms with van der Waals surface area (Å²) in [5, 5.41) is 2.94. The molecule has 102 valence electrons. The van der Waals surface area contributed by atoms with Crippen molar-refractivity contribution in [1.82, 2.24) is 9.97 Å². The summed E-state index contributed by atoms with van der Waals surface area (Å²) >= 11 is 0. The quantitative estimate of drug-likeness (QED) is 0.754. The molecule has 3 aromatic rings. The number of hydrogen-bond acceptors (Lipinski definition) is 2. The summed E-state index contributed by atoms with van der Waals surface area (Å²) in [6.07, 6.45) is 5.42. The van der Waals surface area contributed by atoms with Gasteiger partial charge in [0.2, 0.25) is 5.91 Å². The molecule has 0 fully saturated rings.